The molecule has 4 nitrogen and oxygen atoms in total. The first-order valence-corrected chi connectivity index (χ1v) is 8.35. The van der Waals surface area contributed by atoms with Crippen LogP contribution in [0.3, 0.4) is 0 Å². The highest BCUT2D eigenvalue weighted by Gasteiger charge is 2.40. The van der Waals surface area contributed by atoms with Crippen molar-refractivity contribution in [1.29, 1.82) is 0 Å². The molecule has 28 heavy (non-hydrogen) atoms. The topological polar surface area (TPSA) is 43.9 Å². The molecule has 0 radical (unpaired) electrons. The van der Waals surface area contributed by atoms with Crippen LogP contribution in [0.1, 0.15) is 5.69 Å². The highest BCUT2D eigenvalue weighted by atomic mass is 35.5. The molecule has 0 saturated carbocycles. The SMILES string of the molecule is Fc1cccc(-n2ncc(-c3cc(-c4ccccc4Cl)no3)c2C(F)(F)F)c1. The largest absolute Gasteiger partial charge is 0.434 e. The monoisotopic (exact) mass is 407 g/mol. The molecule has 2 aromatic carbocycles. The van der Waals surface area contributed by atoms with Gasteiger partial charge in [-0.25, -0.2) is 9.07 Å². The maximum Gasteiger partial charge on any atom is 0.434 e. The van der Waals surface area contributed by atoms with Crippen molar-refractivity contribution >= 4 is 11.6 Å². The van der Waals surface area contributed by atoms with E-state index in [0.29, 0.717) is 15.3 Å². The van der Waals surface area contributed by atoms with E-state index >= 15 is 0 Å². The van der Waals surface area contributed by atoms with Crippen LogP contribution in [0, 0.1) is 5.82 Å². The summed E-state index contributed by atoms with van der Waals surface area (Å²) in [6.45, 7) is 0. The molecule has 0 atom stereocenters. The number of rotatable bonds is 3. The maximum atomic E-state index is 13.8. The van der Waals surface area contributed by atoms with Gasteiger partial charge in [-0.2, -0.15) is 18.3 Å². The van der Waals surface area contributed by atoms with Gasteiger partial charge in [0.25, 0.3) is 0 Å². The van der Waals surface area contributed by atoms with Crippen LogP contribution in [-0.4, -0.2) is 14.9 Å². The first kappa shape index (κ1) is 18.2. The number of hydrogen-bond donors (Lipinski definition) is 0. The minimum Gasteiger partial charge on any atom is -0.356 e. The summed E-state index contributed by atoms with van der Waals surface area (Å²) in [5, 5.41) is 7.99. The number of benzene rings is 2. The Labute approximate surface area is 161 Å². The van der Waals surface area contributed by atoms with Gasteiger partial charge in [0.05, 0.1) is 22.5 Å². The van der Waals surface area contributed by atoms with Crippen molar-refractivity contribution in [3.63, 3.8) is 0 Å². The van der Waals surface area contributed by atoms with E-state index in [1.54, 1.807) is 24.3 Å². The van der Waals surface area contributed by atoms with Crippen LogP contribution in [0.15, 0.2) is 65.3 Å². The molecule has 9 heteroatoms. The third kappa shape index (κ3) is 3.27. The summed E-state index contributed by atoms with van der Waals surface area (Å²) < 4.78 is 60.5. The third-order valence-corrected chi connectivity index (χ3v) is 4.35. The van der Waals surface area contributed by atoms with E-state index in [-0.39, 0.29) is 22.7 Å². The highest BCUT2D eigenvalue weighted by molar-refractivity contribution is 6.33. The van der Waals surface area contributed by atoms with E-state index in [1.165, 1.54) is 18.2 Å². The number of halogens is 5. The minimum atomic E-state index is -4.77. The molecule has 0 amide bonds. The van der Waals surface area contributed by atoms with Crippen molar-refractivity contribution in [3.05, 3.63) is 77.3 Å². The molecule has 0 aliphatic rings. The molecule has 0 N–H and O–H groups in total. The molecule has 2 heterocycles. The van der Waals surface area contributed by atoms with Gasteiger partial charge in [-0.15, -0.1) is 0 Å². The van der Waals surface area contributed by atoms with Crippen LogP contribution in [0.25, 0.3) is 28.3 Å². The standard InChI is InChI=1S/C19H10ClF4N3O/c20-15-7-2-1-6-13(15)16-9-17(28-26-16)14-10-25-27(18(14)19(22,23)24)12-5-3-4-11(21)8-12/h1-10H. The Morgan fingerprint density at radius 2 is 1.75 bits per heavy atom. The van der Waals surface area contributed by atoms with E-state index in [9.17, 15) is 17.6 Å². The van der Waals surface area contributed by atoms with Gasteiger partial charge >= 0.3 is 6.18 Å². The van der Waals surface area contributed by atoms with Crippen LogP contribution >= 0.6 is 11.6 Å². The molecular weight excluding hydrogens is 398 g/mol. The van der Waals surface area contributed by atoms with E-state index in [0.717, 1.165) is 18.3 Å². The van der Waals surface area contributed by atoms with Gasteiger partial charge in [0.2, 0.25) is 0 Å². The number of aromatic nitrogens is 3. The second-order valence-electron chi connectivity index (χ2n) is 5.85. The average molecular weight is 408 g/mol. The first-order valence-electron chi connectivity index (χ1n) is 7.98. The number of alkyl halides is 3. The lowest BCUT2D eigenvalue weighted by molar-refractivity contribution is -0.142. The molecule has 4 rings (SSSR count). The molecule has 0 aliphatic heterocycles. The molecule has 0 unspecified atom stereocenters. The van der Waals surface area contributed by atoms with E-state index in [1.807, 2.05) is 0 Å². The van der Waals surface area contributed by atoms with Crippen molar-refractivity contribution in [3.8, 4) is 28.3 Å². The fourth-order valence-corrected chi connectivity index (χ4v) is 3.04. The molecule has 0 fully saturated rings. The van der Waals surface area contributed by atoms with Gasteiger partial charge in [0.1, 0.15) is 11.5 Å². The fraction of sp³-hybridized carbons (Fsp3) is 0.0526. The summed E-state index contributed by atoms with van der Waals surface area (Å²) in [4.78, 5) is 0. The molecule has 0 aliphatic carbocycles. The van der Waals surface area contributed by atoms with Crippen molar-refractivity contribution < 1.29 is 22.1 Å². The fourth-order valence-electron chi connectivity index (χ4n) is 2.80. The summed E-state index contributed by atoms with van der Waals surface area (Å²) in [6.07, 6.45) is -3.76. The van der Waals surface area contributed by atoms with Gasteiger partial charge in [0, 0.05) is 11.6 Å². The molecule has 2 aromatic heterocycles. The van der Waals surface area contributed by atoms with Crippen LogP contribution in [-0.2, 0) is 6.18 Å². The summed E-state index contributed by atoms with van der Waals surface area (Å²) in [6, 6.07) is 12.8. The van der Waals surface area contributed by atoms with Gasteiger partial charge < -0.3 is 4.52 Å². The van der Waals surface area contributed by atoms with Crippen LogP contribution in [0.5, 0.6) is 0 Å². The van der Waals surface area contributed by atoms with Crippen molar-refractivity contribution in [2.24, 2.45) is 0 Å². The van der Waals surface area contributed by atoms with Crippen LogP contribution in [0.4, 0.5) is 17.6 Å². The zero-order valence-corrected chi connectivity index (χ0v) is 14.7. The van der Waals surface area contributed by atoms with Gasteiger partial charge in [-0.3, -0.25) is 0 Å². The Morgan fingerprint density at radius 1 is 0.964 bits per heavy atom. The smallest absolute Gasteiger partial charge is 0.356 e. The van der Waals surface area contributed by atoms with Gasteiger partial charge in [-0.1, -0.05) is 41.0 Å². The Kier molecular flexibility index (Phi) is 4.43. The quantitative estimate of drug-likeness (QED) is 0.391. The lowest BCUT2D eigenvalue weighted by Gasteiger charge is -2.11. The summed E-state index contributed by atoms with van der Waals surface area (Å²) in [7, 11) is 0. The summed E-state index contributed by atoms with van der Waals surface area (Å²) in [5.41, 5.74) is -0.676. The zero-order valence-electron chi connectivity index (χ0n) is 13.9. The molecule has 0 spiro atoms. The Bertz CT molecular complexity index is 1150. The average Bonchev–Trinajstić information content (AvgIpc) is 3.29. The molecular formula is C19H10ClF4N3O. The van der Waals surface area contributed by atoms with Crippen molar-refractivity contribution in [1.82, 2.24) is 14.9 Å². The van der Waals surface area contributed by atoms with Crippen molar-refractivity contribution in [2.45, 2.75) is 6.18 Å². The lowest BCUT2D eigenvalue weighted by atomic mass is 10.1. The second kappa shape index (κ2) is 6.79. The zero-order chi connectivity index (χ0) is 19.9. The minimum absolute atomic E-state index is 0.0654. The van der Waals surface area contributed by atoms with E-state index in [2.05, 4.69) is 10.3 Å². The van der Waals surface area contributed by atoms with Crippen LogP contribution < -0.4 is 0 Å². The highest BCUT2D eigenvalue weighted by Crippen LogP contribution is 2.39. The van der Waals surface area contributed by atoms with E-state index in [4.69, 9.17) is 16.1 Å². The lowest BCUT2D eigenvalue weighted by Crippen LogP contribution is -2.14. The second-order valence-corrected chi connectivity index (χ2v) is 6.26. The maximum absolute atomic E-state index is 13.8. The molecule has 142 valence electrons. The molecule has 0 saturated heterocycles. The number of hydrogen-bond acceptors (Lipinski definition) is 3. The normalized spacial score (nSPS) is 11.8. The Balaban J connectivity index is 1.85. The number of nitrogens with zero attached hydrogens (tertiary/aromatic N) is 3. The first-order chi connectivity index (χ1) is 13.3. The van der Waals surface area contributed by atoms with Crippen molar-refractivity contribution in [2.75, 3.05) is 0 Å². The Morgan fingerprint density at radius 3 is 2.46 bits per heavy atom. The molecule has 4 aromatic rings. The Hall–Kier alpha value is -3.13. The predicted molar refractivity (Wildman–Crippen MR) is 94.5 cm³/mol. The third-order valence-electron chi connectivity index (χ3n) is 4.02. The predicted octanol–water partition coefficient (Wildman–Crippen LogP) is 6.01. The summed E-state index contributed by atoms with van der Waals surface area (Å²) in [5.74, 6) is -0.812. The van der Waals surface area contributed by atoms with Crippen LogP contribution in [0.2, 0.25) is 5.02 Å². The summed E-state index contributed by atoms with van der Waals surface area (Å²) >= 11 is 6.10. The van der Waals surface area contributed by atoms with Gasteiger partial charge in [-0.05, 0) is 24.3 Å². The molecule has 0 bridgehead atoms. The van der Waals surface area contributed by atoms with Gasteiger partial charge in [0.15, 0.2) is 11.5 Å². The van der Waals surface area contributed by atoms with E-state index < -0.39 is 17.7 Å².